The van der Waals surface area contributed by atoms with Gasteiger partial charge >= 0.3 is 0 Å². The lowest BCUT2D eigenvalue weighted by molar-refractivity contribution is 0.0319. The Morgan fingerprint density at radius 1 is 1.64 bits per heavy atom. The molecule has 1 rings (SSSR count). The predicted molar refractivity (Wildman–Crippen MR) is 46.9 cm³/mol. The molecule has 0 aliphatic heterocycles. The van der Waals surface area contributed by atoms with Crippen molar-refractivity contribution in [3.05, 3.63) is 16.6 Å². The van der Waals surface area contributed by atoms with Gasteiger partial charge < -0.3 is 10.2 Å². The van der Waals surface area contributed by atoms with Crippen molar-refractivity contribution < 1.29 is 10.2 Å². The van der Waals surface area contributed by atoms with E-state index < -0.39 is 12.2 Å². The highest BCUT2D eigenvalue weighted by molar-refractivity contribution is 9.09. The number of hydrogen-bond donors (Lipinski definition) is 2. The molecule has 0 spiro atoms. The zero-order valence-electron chi connectivity index (χ0n) is 5.64. The summed E-state index contributed by atoms with van der Waals surface area (Å²) < 4.78 is 0. The van der Waals surface area contributed by atoms with Crippen molar-refractivity contribution in [2.75, 3.05) is 5.33 Å². The Labute approximate surface area is 76.8 Å². The molecule has 0 saturated carbocycles. The molecule has 0 aromatic carbocycles. The number of thiazole rings is 1. The van der Waals surface area contributed by atoms with Crippen molar-refractivity contribution in [2.45, 2.75) is 12.2 Å². The topological polar surface area (TPSA) is 53.4 Å². The first-order chi connectivity index (χ1) is 5.25. The second-order valence-electron chi connectivity index (χ2n) is 2.08. The molecule has 1 heterocycles. The third-order valence-electron chi connectivity index (χ3n) is 1.28. The number of halogens is 1. The molecule has 62 valence electrons. The summed E-state index contributed by atoms with van der Waals surface area (Å²) in [4.78, 5) is 3.87. The van der Waals surface area contributed by atoms with Crippen LogP contribution in [0.15, 0.2) is 10.9 Å². The highest BCUT2D eigenvalue weighted by Crippen LogP contribution is 2.17. The van der Waals surface area contributed by atoms with Crippen molar-refractivity contribution in [3.63, 3.8) is 0 Å². The lowest BCUT2D eigenvalue weighted by atomic mass is 10.2. The summed E-state index contributed by atoms with van der Waals surface area (Å²) in [7, 11) is 0. The Balaban J connectivity index is 2.62. The van der Waals surface area contributed by atoms with E-state index in [4.69, 9.17) is 5.11 Å². The molecule has 0 saturated heterocycles. The van der Waals surface area contributed by atoms with Gasteiger partial charge in [-0.25, -0.2) is 4.98 Å². The maximum atomic E-state index is 9.34. The van der Waals surface area contributed by atoms with Crippen molar-refractivity contribution in [1.29, 1.82) is 0 Å². The van der Waals surface area contributed by atoms with Crippen molar-refractivity contribution in [3.8, 4) is 0 Å². The lowest BCUT2D eigenvalue weighted by Crippen LogP contribution is -2.19. The molecule has 5 heteroatoms. The molecular formula is C6H8BrNO2S. The number of hydrogen-bond acceptors (Lipinski definition) is 4. The predicted octanol–water partition coefficient (Wildman–Crippen LogP) is 0.932. The average molecular weight is 238 g/mol. The molecule has 2 unspecified atom stereocenters. The highest BCUT2D eigenvalue weighted by atomic mass is 79.9. The van der Waals surface area contributed by atoms with E-state index in [0.717, 1.165) is 0 Å². The Morgan fingerprint density at radius 2 is 2.36 bits per heavy atom. The second kappa shape index (κ2) is 4.15. The minimum absolute atomic E-state index is 0.353. The van der Waals surface area contributed by atoms with E-state index >= 15 is 0 Å². The van der Waals surface area contributed by atoms with Gasteiger partial charge in [0.15, 0.2) is 0 Å². The molecule has 1 aromatic heterocycles. The Kier molecular flexibility index (Phi) is 3.45. The number of aromatic nitrogens is 1. The molecule has 11 heavy (non-hydrogen) atoms. The van der Waals surface area contributed by atoms with Crippen LogP contribution in [0, 0.1) is 0 Å². The van der Waals surface area contributed by atoms with Gasteiger partial charge in [-0.2, -0.15) is 0 Å². The van der Waals surface area contributed by atoms with E-state index in [0.29, 0.717) is 11.0 Å². The summed E-state index contributed by atoms with van der Waals surface area (Å²) in [5.74, 6) is 0. The number of aliphatic hydroxyl groups is 2. The third kappa shape index (κ3) is 2.23. The van der Waals surface area contributed by atoms with Crippen molar-refractivity contribution in [2.24, 2.45) is 0 Å². The van der Waals surface area contributed by atoms with Crippen LogP contribution in [0.5, 0.6) is 0 Å². The second-order valence-corrected chi connectivity index (χ2v) is 3.45. The van der Waals surface area contributed by atoms with E-state index in [1.165, 1.54) is 11.3 Å². The Morgan fingerprint density at radius 3 is 2.82 bits per heavy atom. The molecule has 2 atom stereocenters. The van der Waals surface area contributed by atoms with Crippen LogP contribution in [0.4, 0.5) is 0 Å². The first kappa shape index (κ1) is 9.12. The van der Waals surface area contributed by atoms with Gasteiger partial charge in [0, 0.05) is 10.7 Å². The average Bonchev–Trinajstić information content (AvgIpc) is 2.53. The maximum Gasteiger partial charge on any atom is 0.123 e. The van der Waals surface area contributed by atoms with Gasteiger partial charge in [-0.1, -0.05) is 15.9 Å². The zero-order chi connectivity index (χ0) is 8.27. The number of aliphatic hydroxyl groups excluding tert-OH is 2. The zero-order valence-corrected chi connectivity index (χ0v) is 8.05. The monoisotopic (exact) mass is 237 g/mol. The Hall–Kier alpha value is 0.0300. The van der Waals surface area contributed by atoms with E-state index in [9.17, 15) is 5.11 Å². The van der Waals surface area contributed by atoms with E-state index in [-0.39, 0.29) is 0 Å². The minimum Gasteiger partial charge on any atom is -0.389 e. The van der Waals surface area contributed by atoms with Crippen LogP contribution in [0.3, 0.4) is 0 Å². The van der Waals surface area contributed by atoms with Gasteiger partial charge in [-0.05, 0) is 0 Å². The minimum atomic E-state index is -0.874. The molecular weight excluding hydrogens is 230 g/mol. The molecule has 0 aliphatic rings. The largest absolute Gasteiger partial charge is 0.389 e. The van der Waals surface area contributed by atoms with Gasteiger partial charge in [0.1, 0.15) is 6.10 Å². The van der Waals surface area contributed by atoms with Gasteiger partial charge in [0.05, 0.1) is 17.3 Å². The van der Waals surface area contributed by atoms with Gasteiger partial charge in [-0.3, -0.25) is 0 Å². The van der Waals surface area contributed by atoms with Crippen molar-refractivity contribution in [1.82, 2.24) is 4.98 Å². The standard InChI is InChI=1S/C6H8BrNO2S/c7-1-5(9)6(10)4-2-11-3-8-4/h2-3,5-6,9-10H,1H2. The van der Waals surface area contributed by atoms with Gasteiger partial charge in [0.25, 0.3) is 0 Å². The molecule has 0 fully saturated rings. The molecule has 3 nitrogen and oxygen atoms in total. The highest BCUT2D eigenvalue weighted by Gasteiger charge is 2.18. The number of nitrogens with zero attached hydrogens (tertiary/aromatic N) is 1. The number of rotatable bonds is 3. The van der Waals surface area contributed by atoms with Crippen LogP contribution in [0.2, 0.25) is 0 Å². The summed E-state index contributed by atoms with van der Waals surface area (Å²) in [6, 6.07) is 0. The molecule has 0 aliphatic carbocycles. The van der Waals surface area contributed by atoms with Crippen molar-refractivity contribution >= 4 is 27.3 Å². The summed E-state index contributed by atoms with van der Waals surface area (Å²) >= 11 is 4.46. The van der Waals surface area contributed by atoms with E-state index in [2.05, 4.69) is 20.9 Å². The summed E-state index contributed by atoms with van der Waals surface area (Å²) in [5, 5.41) is 20.6. The van der Waals surface area contributed by atoms with Crippen LogP contribution >= 0.6 is 27.3 Å². The van der Waals surface area contributed by atoms with Crippen LogP contribution in [0.1, 0.15) is 11.8 Å². The maximum absolute atomic E-state index is 9.34. The third-order valence-corrected chi connectivity index (χ3v) is 2.55. The van der Waals surface area contributed by atoms with E-state index in [1.54, 1.807) is 10.9 Å². The fraction of sp³-hybridized carbons (Fsp3) is 0.500. The van der Waals surface area contributed by atoms with E-state index in [1.807, 2.05) is 0 Å². The first-order valence-corrected chi connectivity index (χ1v) is 5.12. The quantitative estimate of drug-likeness (QED) is 0.770. The van der Waals surface area contributed by atoms with Crippen LogP contribution in [-0.4, -0.2) is 26.6 Å². The molecule has 1 aromatic rings. The fourth-order valence-corrected chi connectivity index (χ4v) is 1.59. The molecule has 0 amide bonds. The molecule has 0 bridgehead atoms. The fourth-order valence-electron chi connectivity index (χ4n) is 0.649. The summed E-state index contributed by atoms with van der Waals surface area (Å²) in [5.41, 5.74) is 2.15. The van der Waals surface area contributed by atoms with Gasteiger partial charge in [0.2, 0.25) is 0 Å². The summed E-state index contributed by atoms with van der Waals surface area (Å²) in [6.07, 6.45) is -1.65. The van der Waals surface area contributed by atoms with Crippen LogP contribution in [-0.2, 0) is 0 Å². The first-order valence-electron chi connectivity index (χ1n) is 3.06. The summed E-state index contributed by atoms with van der Waals surface area (Å²) in [6.45, 7) is 0. The molecule has 0 radical (unpaired) electrons. The lowest BCUT2D eigenvalue weighted by Gasteiger charge is -2.12. The smallest absolute Gasteiger partial charge is 0.123 e. The Bertz CT molecular complexity index is 204. The van der Waals surface area contributed by atoms with Crippen LogP contribution < -0.4 is 0 Å². The van der Waals surface area contributed by atoms with Gasteiger partial charge in [-0.15, -0.1) is 11.3 Å². The number of alkyl halides is 1. The normalized spacial score (nSPS) is 16.3. The SMILES string of the molecule is OC(CBr)C(O)c1cscn1. The van der Waals surface area contributed by atoms with Crippen LogP contribution in [0.25, 0.3) is 0 Å². The molecule has 2 N–H and O–H groups in total.